The van der Waals surface area contributed by atoms with Crippen LogP contribution < -0.4 is 0 Å². The van der Waals surface area contributed by atoms with Crippen LogP contribution in [0.1, 0.15) is 26.3 Å². The van der Waals surface area contributed by atoms with Crippen LogP contribution >= 0.6 is 11.3 Å². The Kier molecular flexibility index (Phi) is 2.27. The molecule has 0 fully saturated rings. The van der Waals surface area contributed by atoms with Gasteiger partial charge in [-0.3, -0.25) is 0 Å². The van der Waals surface area contributed by atoms with Gasteiger partial charge in [-0.25, -0.2) is 0 Å². The summed E-state index contributed by atoms with van der Waals surface area (Å²) in [5.41, 5.74) is 1.65. The minimum Gasteiger partial charge on any atom is -0.135 e. The summed E-state index contributed by atoms with van der Waals surface area (Å²) in [6.07, 6.45) is 0. The Labute approximate surface area is 106 Å². The summed E-state index contributed by atoms with van der Waals surface area (Å²) in [5.74, 6) is 0. The molecule has 0 unspecified atom stereocenters. The van der Waals surface area contributed by atoms with Crippen molar-refractivity contribution in [1.29, 1.82) is 0 Å². The van der Waals surface area contributed by atoms with Crippen molar-refractivity contribution in [2.24, 2.45) is 0 Å². The van der Waals surface area contributed by atoms with Gasteiger partial charge in [-0.05, 0) is 23.1 Å². The van der Waals surface area contributed by atoms with Gasteiger partial charge in [-0.1, -0.05) is 51.1 Å². The Bertz CT molecular complexity index is 683. The Morgan fingerprint density at radius 1 is 0.824 bits per heavy atom. The molecule has 1 heteroatoms. The summed E-state index contributed by atoms with van der Waals surface area (Å²) in [4.78, 5) is 0. The normalized spacial score (nSPS) is 12.4. The van der Waals surface area contributed by atoms with E-state index < -0.39 is 0 Å². The molecule has 3 rings (SSSR count). The maximum absolute atomic E-state index is 2.29. The van der Waals surface area contributed by atoms with Crippen molar-refractivity contribution in [3.63, 3.8) is 0 Å². The number of hydrogen-bond donors (Lipinski definition) is 0. The highest BCUT2D eigenvalue weighted by Crippen LogP contribution is 2.39. The lowest BCUT2D eigenvalue weighted by Gasteiger charge is -2.20. The van der Waals surface area contributed by atoms with Crippen LogP contribution in [-0.4, -0.2) is 0 Å². The van der Waals surface area contributed by atoms with E-state index in [1.54, 1.807) is 0 Å². The highest BCUT2D eigenvalue weighted by Gasteiger charge is 2.18. The number of benzene rings is 2. The lowest BCUT2D eigenvalue weighted by atomic mass is 9.84. The van der Waals surface area contributed by atoms with E-state index in [1.807, 2.05) is 11.3 Å². The molecule has 0 amide bonds. The zero-order chi connectivity index (χ0) is 12.0. The second kappa shape index (κ2) is 3.58. The molecule has 1 heterocycles. The van der Waals surface area contributed by atoms with Crippen molar-refractivity contribution in [3.05, 3.63) is 48.0 Å². The fourth-order valence-corrected chi connectivity index (χ4v) is 3.53. The van der Waals surface area contributed by atoms with Crippen LogP contribution in [0.25, 0.3) is 20.2 Å². The third kappa shape index (κ3) is 1.66. The van der Waals surface area contributed by atoms with Crippen LogP contribution in [0, 0.1) is 0 Å². The van der Waals surface area contributed by atoms with Crippen molar-refractivity contribution in [2.45, 2.75) is 26.2 Å². The molecule has 0 nitrogen and oxygen atoms in total. The molecule has 0 aliphatic heterocycles. The molecule has 0 saturated carbocycles. The van der Waals surface area contributed by atoms with E-state index in [9.17, 15) is 0 Å². The maximum Gasteiger partial charge on any atom is 0.0358 e. The maximum atomic E-state index is 2.29. The zero-order valence-corrected chi connectivity index (χ0v) is 11.3. The van der Waals surface area contributed by atoms with E-state index in [4.69, 9.17) is 0 Å². The number of hydrogen-bond acceptors (Lipinski definition) is 1. The number of rotatable bonds is 0. The molecule has 3 aromatic rings. The monoisotopic (exact) mass is 240 g/mol. The van der Waals surface area contributed by atoms with Gasteiger partial charge in [0.15, 0.2) is 0 Å². The fraction of sp³-hybridized carbons (Fsp3) is 0.250. The summed E-state index contributed by atoms with van der Waals surface area (Å²) in [6.45, 7) is 6.86. The smallest absolute Gasteiger partial charge is 0.0358 e. The molecular weight excluding hydrogens is 224 g/mol. The molecule has 0 radical (unpaired) electrons. The van der Waals surface area contributed by atoms with Crippen LogP contribution in [0.3, 0.4) is 0 Å². The molecule has 0 atom stereocenters. The highest BCUT2D eigenvalue weighted by atomic mass is 32.1. The van der Waals surface area contributed by atoms with Crippen molar-refractivity contribution in [3.8, 4) is 0 Å². The number of thiophene rings is 1. The average molecular weight is 240 g/mol. The molecule has 86 valence electrons. The topological polar surface area (TPSA) is 0 Å². The van der Waals surface area contributed by atoms with Crippen molar-refractivity contribution in [2.75, 3.05) is 0 Å². The van der Waals surface area contributed by atoms with Gasteiger partial charge < -0.3 is 0 Å². The Balaban J connectivity index is 2.52. The first kappa shape index (κ1) is 10.8. The van der Waals surface area contributed by atoms with Crippen LogP contribution in [0.5, 0.6) is 0 Å². The van der Waals surface area contributed by atoms with Gasteiger partial charge in [0.05, 0.1) is 0 Å². The van der Waals surface area contributed by atoms with Crippen molar-refractivity contribution < 1.29 is 0 Å². The van der Waals surface area contributed by atoms with Gasteiger partial charge in [0, 0.05) is 20.2 Å². The van der Waals surface area contributed by atoms with Gasteiger partial charge in [-0.15, -0.1) is 11.3 Å². The quantitative estimate of drug-likeness (QED) is 0.496. The van der Waals surface area contributed by atoms with Crippen LogP contribution in [0.2, 0.25) is 0 Å². The predicted molar refractivity (Wildman–Crippen MR) is 78.0 cm³/mol. The van der Waals surface area contributed by atoms with E-state index in [1.165, 1.54) is 25.7 Å². The van der Waals surface area contributed by atoms with E-state index in [-0.39, 0.29) is 5.41 Å². The van der Waals surface area contributed by atoms with Crippen LogP contribution in [-0.2, 0) is 5.41 Å². The third-order valence-corrected chi connectivity index (χ3v) is 4.35. The lowest BCUT2D eigenvalue weighted by Crippen LogP contribution is -2.11. The standard InChI is InChI=1S/C16H16S/c1-16(2,3)12-8-6-10-14-15(12)11-7-4-5-9-13(11)17-14/h4-10H,1-3H3. The van der Waals surface area contributed by atoms with Crippen LogP contribution in [0.15, 0.2) is 42.5 Å². The van der Waals surface area contributed by atoms with Gasteiger partial charge in [-0.2, -0.15) is 0 Å². The number of fused-ring (bicyclic) bond motifs is 3. The highest BCUT2D eigenvalue weighted by molar-refractivity contribution is 7.25. The summed E-state index contributed by atoms with van der Waals surface area (Å²) < 4.78 is 2.79. The first-order valence-electron chi connectivity index (χ1n) is 5.98. The lowest BCUT2D eigenvalue weighted by molar-refractivity contribution is 0.596. The Hall–Kier alpha value is -1.34. The first-order valence-corrected chi connectivity index (χ1v) is 6.80. The summed E-state index contributed by atoms with van der Waals surface area (Å²) in [6, 6.07) is 15.4. The Morgan fingerprint density at radius 3 is 2.29 bits per heavy atom. The molecule has 0 aliphatic rings. The molecule has 0 bridgehead atoms. The zero-order valence-electron chi connectivity index (χ0n) is 10.4. The predicted octanol–water partition coefficient (Wildman–Crippen LogP) is 5.35. The minimum atomic E-state index is 0.198. The third-order valence-electron chi connectivity index (χ3n) is 3.21. The second-order valence-electron chi connectivity index (χ2n) is 5.53. The average Bonchev–Trinajstić information content (AvgIpc) is 2.65. The molecule has 17 heavy (non-hydrogen) atoms. The molecule has 0 saturated heterocycles. The SMILES string of the molecule is CC(C)(C)c1cccc2sc3ccccc3c12. The molecule has 0 N–H and O–H groups in total. The minimum absolute atomic E-state index is 0.198. The van der Waals surface area contributed by atoms with E-state index in [0.717, 1.165) is 0 Å². The molecule has 2 aromatic carbocycles. The largest absolute Gasteiger partial charge is 0.135 e. The van der Waals surface area contributed by atoms with E-state index in [2.05, 4.69) is 63.2 Å². The summed E-state index contributed by atoms with van der Waals surface area (Å²) >= 11 is 1.89. The molecule has 0 spiro atoms. The fourth-order valence-electron chi connectivity index (χ4n) is 2.40. The Morgan fingerprint density at radius 2 is 1.53 bits per heavy atom. The van der Waals surface area contributed by atoms with Gasteiger partial charge in [0.2, 0.25) is 0 Å². The van der Waals surface area contributed by atoms with Gasteiger partial charge >= 0.3 is 0 Å². The summed E-state index contributed by atoms with van der Waals surface area (Å²) in [5, 5.41) is 2.85. The molecule has 0 aliphatic carbocycles. The van der Waals surface area contributed by atoms with Crippen molar-refractivity contribution in [1.82, 2.24) is 0 Å². The van der Waals surface area contributed by atoms with Crippen molar-refractivity contribution >= 4 is 31.5 Å². The molecular formula is C16H16S. The first-order chi connectivity index (χ1) is 8.07. The van der Waals surface area contributed by atoms with Crippen LogP contribution in [0.4, 0.5) is 0 Å². The summed E-state index contributed by atoms with van der Waals surface area (Å²) in [7, 11) is 0. The van der Waals surface area contributed by atoms with E-state index >= 15 is 0 Å². The molecule has 1 aromatic heterocycles. The van der Waals surface area contributed by atoms with Gasteiger partial charge in [0.1, 0.15) is 0 Å². The van der Waals surface area contributed by atoms with E-state index in [0.29, 0.717) is 0 Å². The second-order valence-corrected chi connectivity index (χ2v) is 6.61. The van der Waals surface area contributed by atoms with Gasteiger partial charge in [0.25, 0.3) is 0 Å².